The van der Waals surface area contributed by atoms with E-state index in [1.54, 1.807) is 6.08 Å². The first-order valence-corrected chi connectivity index (χ1v) is 9.84. The van der Waals surface area contributed by atoms with Gasteiger partial charge in [0.25, 0.3) is 0 Å². The Morgan fingerprint density at radius 2 is 1.74 bits per heavy atom. The highest BCUT2D eigenvalue weighted by atomic mass is 28.4. The number of rotatable bonds is 7. The first-order valence-electron chi connectivity index (χ1n) is 7.31. The van der Waals surface area contributed by atoms with E-state index in [9.17, 15) is 0 Å². The van der Waals surface area contributed by atoms with E-state index in [0.717, 1.165) is 23.7 Å². The van der Waals surface area contributed by atoms with Crippen LogP contribution in [0.15, 0.2) is 11.6 Å². The third-order valence-electron chi connectivity index (χ3n) is 3.60. The fourth-order valence-electron chi connectivity index (χ4n) is 2.16. The van der Waals surface area contributed by atoms with Gasteiger partial charge in [-0.2, -0.15) is 0 Å². The van der Waals surface area contributed by atoms with Crippen molar-refractivity contribution >= 4 is 8.32 Å². The minimum Gasteiger partial charge on any atom is -0.401 e. The smallest absolute Gasteiger partial charge is 0.194 e. The second kappa shape index (κ2) is 8.58. The molecule has 0 fully saturated rings. The van der Waals surface area contributed by atoms with Crippen LogP contribution in [-0.2, 0) is 4.43 Å². The van der Waals surface area contributed by atoms with Crippen LogP contribution in [0.3, 0.4) is 0 Å². The molecule has 0 aromatic heterocycles. The Morgan fingerprint density at radius 1 is 1.21 bits per heavy atom. The van der Waals surface area contributed by atoms with Crippen LogP contribution in [-0.4, -0.2) is 25.6 Å². The Balaban J connectivity index is 4.71. The van der Waals surface area contributed by atoms with Crippen molar-refractivity contribution in [1.82, 2.24) is 0 Å². The third-order valence-corrected chi connectivity index (χ3v) is 8.41. The lowest BCUT2D eigenvalue weighted by Crippen LogP contribution is -2.43. The van der Waals surface area contributed by atoms with Gasteiger partial charge in [0.2, 0.25) is 0 Å². The Kier molecular flexibility index (Phi) is 8.32. The van der Waals surface area contributed by atoms with Crippen molar-refractivity contribution in [3.8, 4) is 11.8 Å². The maximum atomic E-state index is 8.80. The van der Waals surface area contributed by atoms with Crippen molar-refractivity contribution in [2.75, 3.05) is 6.61 Å². The lowest BCUT2D eigenvalue weighted by atomic mass is 10.1. The molecule has 110 valence electrons. The third kappa shape index (κ3) is 6.96. The molecule has 0 bridgehead atoms. The summed E-state index contributed by atoms with van der Waals surface area (Å²) in [7, 11) is -1.60. The zero-order chi connectivity index (χ0) is 14.9. The van der Waals surface area contributed by atoms with Gasteiger partial charge in [-0.15, -0.1) is 0 Å². The van der Waals surface area contributed by atoms with Crippen molar-refractivity contribution in [3.05, 3.63) is 11.6 Å². The Labute approximate surface area is 120 Å². The van der Waals surface area contributed by atoms with Gasteiger partial charge in [0.15, 0.2) is 8.32 Å². The Morgan fingerprint density at radius 3 is 2.16 bits per heavy atom. The van der Waals surface area contributed by atoms with Crippen LogP contribution < -0.4 is 0 Å². The SMILES string of the molecule is CC[Si](CC)(CC)OC(C)(C)C#CC/C(C)=C/CO. The highest BCUT2D eigenvalue weighted by Crippen LogP contribution is 2.27. The number of aliphatic hydroxyl groups is 1. The highest BCUT2D eigenvalue weighted by Gasteiger charge is 2.34. The fraction of sp³-hybridized carbons (Fsp3) is 0.750. The van der Waals surface area contributed by atoms with Crippen molar-refractivity contribution < 1.29 is 9.53 Å². The largest absolute Gasteiger partial charge is 0.401 e. The molecule has 1 N–H and O–H groups in total. The summed E-state index contributed by atoms with van der Waals surface area (Å²) in [5, 5.41) is 8.80. The molecule has 0 unspecified atom stereocenters. The molecule has 0 amide bonds. The molecule has 0 radical (unpaired) electrons. The van der Waals surface area contributed by atoms with Crippen LogP contribution in [0, 0.1) is 11.8 Å². The van der Waals surface area contributed by atoms with Crippen LogP contribution in [0.25, 0.3) is 0 Å². The molecular formula is C16H30O2Si. The van der Waals surface area contributed by atoms with Gasteiger partial charge in [-0.05, 0) is 38.9 Å². The van der Waals surface area contributed by atoms with Gasteiger partial charge in [-0.25, -0.2) is 0 Å². The fourth-order valence-corrected chi connectivity index (χ4v) is 5.22. The first kappa shape index (κ1) is 18.4. The molecule has 0 atom stereocenters. The molecule has 0 saturated heterocycles. The lowest BCUT2D eigenvalue weighted by Gasteiger charge is -2.35. The van der Waals surface area contributed by atoms with Crippen molar-refractivity contribution in [2.24, 2.45) is 0 Å². The molecule has 2 nitrogen and oxygen atoms in total. The molecule has 0 aromatic rings. The van der Waals surface area contributed by atoms with Crippen LogP contribution >= 0.6 is 0 Å². The molecule has 0 saturated carbocycles. The van der Waals surface area contributed by atoms with E-state index < -0.39 is 8.32 Å². The Bertz CT molecular complexity index is 335. The minimum atomic E-state index is -1.60. The highest BCUT2D eigenvalue weighted by molar-refractivity contribution is 6.73. The molecule has 3 heteroatoms. The van der Waals surface area contributed by atoms with Gasteiger partial charge in [0, 0.05) is 6.42 Å². The zero-order valence-corrected chi connectivity index (χ0v) is 14.5. The van der Waals surface area contributed by atoms with Crippen LogP contribution in [0.1, 0.15) is 48.0 Å². The zero-order valence-electron chi connectivity index (χ0n) is 13.5. The van der Waals surface area contributed by atoms with Crippen molar-refractivity contribution in [3.63, 3.8) is 0 Å². The monoisotopic (exact) mass is 282 g/mol. The van der Waals surface area contributed by atoms with Gasteiger partial charge >= 0.3 is 0 Å². The second-order valence-corrected chi connectivity index (χ2v) is 10.3. The number of hydrogen-bond acceptors (Lipinski definition) is 2. The Hall–Kier alpha value is -0.563. The molecule has 0 aliphatic rings. The van der Waals surface area contributed by atoms with E-state index in [-0.39, 0.29) is 12.2 Å². The van der Waals surface area contributed by atoms with E-state index in [2.05, 4.69) is 46.5 Å². The summed E-state index contributed by atoms with van der Waals surface area (Å²) in [6.07, 6.45) is 2.50. The average molecular weight is 282 g/mol. The molecule has 0 spiro atoms. The van der Waals surface area contributed by atoms with E-state index in [1.165, 1.54) is 0 Å². The van der Waals surface area contributed by atoms with Gasteiger partial charge < -0.3 is 9.53 Å². The molecule has 0 rings (SSSR count). The van der Waals surface area contributed by atoms with Gasteiger partial charge in [0.05, 0.1) is 6.61 Å². The molecule has 19 heavy (non-hydrogen) atoms. The van der Waals surface area contributed by atoms with E-state index in [0.29, 0.717) is 6.42 Å². The van der Waals surface area contributed by atoms with E-state index in [4.69, 9.17) is 9.53 Å². The van der Waals surface area contributed by atoms with Gasteiger partial charge in [-0.1, -0.05) is 44.3 Å². The summed E-state index contributed by atoms with van der Waals surface area (Å²) in [5.41, 5.74) is 0.740. The summed E-state index contributed by atoms with van der Waals surface area (Å²) in [6.45, 7) is 12.9. The van der Waals surface area contributed by atoms with Crippen LogP contribution in [0.2, 0.25) is 18.1 Å². The summed E-state index contributed by atoms with van der Waals surface area (Å²) in [4.78, 5) is 0. The van der Waals surface area contributed by atoms with Gasteiger partial charge in [0.1, 0.15) is 5.60 Å². The van der Waals surface area contributed by atoms with Crippen molar-refractivity contribution in [2.45, 2.75) is 71.7 Å². The number of hydrogen-bond donors (Lipinski definition) is 1. The molecule has 0 aromatic carbocycles. The average Bonchev–Trinajstić information content (AvgIpc) is 2.36. The molecular weight excluding hydrogens is 252 g/mol. The maximum absolute atomic E-state index is 8.80. The van der Waals surface area contributed by atoms with Crippen LogP contribution in [0.4, 0.5) is 0 Å². The maximum Gasteiger partial charge on any atom is 0.194 e. The summed E-state index contributed by atoms with van der Waals surface area (Å²) in [5.74, 6) is 6.42. The first-order chi connectivity index (χ1) is 8.84. The number of aliphatic hydroxyl groups excluding tert-OH is 1. The summed E-state index contributed by atoms with van der Waals surface area (Å²) < 4.78 is 6.41. The standard InChI is InChI=1S/C16H30O2Si/c1-7-19(8-2,9-3)18-16(5,6)13-10-11-15(4)12-14-17/h12,17H,7-9,11,14H2,1-6H3/b15-12+. The summed E-state index contributed by atoms with van der Waals surface area (Å²) in [6, 6.07) is 3.44. The molecule has 0 aliphatic heterocycles. The van der Waals surface area contributed by atoms with E-state index in [1.807, 2.05) is 6.92 Å². The van der Waals surface area contributed by atoms with Gasteiger partial charge in [-0.3, -0.25) is 0 Å². The predicted molar refractivity (Wildman–Crippen MR) is 85.6 cm³/mol. The van der Waals surface area contributed by atoms with E-state index >= 15 is 0 Å². The topological polar surface area (TPSA) is 29.5 Å². The molecule has 0 aliphatic carbocycles. The number of allylic oxidation sites excluding steroid dienone is 1. The second-order valence-electron chi connectivity index (χ2n) is 5.57. The summed E-state index contributed by atoms with van der Waals surface area (Å²) >= 11 is 0. The normalized spacial score (nSPS) is 13.1. The lowest BCUT2D eigenvalue weighted by molar-refractivity contribution is 0.157. The quantitative estimate of drug-likeness (QED) is 0.432. The predicted octanol–water partition coefficient (Wildman–Crippen LogP) is 4.12. The minimum absolute atomic E-state index is 0.0882. The molecule has 0 heterocycles. The van der Waals surface area contributed by atoms with Crippen molar-refractivity contribution in [1.29, 1.82) is 0 Å². The van der Waals surface area contributed by atoms with Crippen LogP contribution in [0.5, 0.6) is 0 Å².